The van der Waals surface area contributed by atoms with Crippen molar-refractivity contribution >= 4 is 17.5 Å². The molecule has 0 radical (unpaired) electrons. The molecule has 100 valence electrons. The molecule has 2 heterocycles. The molecule has 0 aromatic carbocycles. The maximum Gasteiger partial charge on any atom is 0.287 e. The highest BCUT2D eigenvalue weighted by Gasteiger charge is 2.19. The fourth-order valence-corrected chi connectivity index (χ4v) is 1.61. The quantitative estimate of drug-likeness (QED) is 0.633. The number of carbonyl (C=O) groups excluding carboxylic acids is 1. The van der Waals surface area contributed by atoms with Crippen LogP contribution in [0.5, 0.6) is 0 Å². The van der Waals surface area contributed by atoms with Crippen molar-refractivity contribution in [2.75, 3.05) is 5.32 Å². The summed E-state index contributed by atoms with van der Waals surface area (Å²) in [5.41, 5.74) is 0.0646. The molecule has 0 saturated heterocycles. The third-order valence-electron chi connectivity index (χ3n) is 2.49. The van der Waals surface area contributed by atoms with Gasteiger partial charge in [-0.2, -0.15) is 4.98 Å². The lowest BCUT2D eigenvalue weighted by molar-refractivity contribution is -0.384. The van der Waals surface area contributed by atoms with Gasteiger partial charge in [0.25, 0.3) is 11.6 Å². The van der Waals surface area contributed by atoms with Gasteiger partial charge in [0, 0.05) is 12.6 Å². The first-order valence-corrected chi connectivity index (χ1v) is 5.56. The highest BCUT2D eigenvalue weighted by Crippen LogP contribution is 2.17. The van der Waals surface area contributed by atoms with Crippen molar-refractivity contribution in [3.8, 4) is 0 Å². The first-order valence-electron chi connectivity index (χ1n) is 5.56. The zero-order valence-corrected chi connectivity index (χ0v) is 10.4. The minimum atomic E-state index is -0.542. The minimum Gasteiger partial charge on any atom is -0.337 e. The van der Waals surface area contributed by atoms with Crippen molar-refractivity contribution in [3.05, 3.63) is 33.9 Å². The van der Waals surface area contributed by atoms with E-state index in [1.165, 1.54) is 16.8 Å². The average Bonchev–Trinajstić information content (AvgIpc) is 2.95. The van der Waals surface area contributed by atoms with E-state index < -0.39 is 10.8 Å². The monoisotopic (exact) mass is 264 g/mol. The van der Waals surface area contributed by atoms with Crippen LogP contribution in [-0.2, 0) is 6.54 Å². The molecule has 2 N–H and O–H groups in total. The molecule has 0 fully saturated rings. The van der Waals surface area contributed by atoms with E-state index in [1.54, 1.807) is 13.8 Å². The molecule has 2 aromatic heterocycles. The first kappa shape index (κ1) is 12.7. The maximum atomic E-state index is 12.0. The lowest BCUT2D eigenvalue weighted by Gasteiger charge is -2.03. The third-order valence-corrected chi connectivity index (χ3v) is 2.49. The number of aromatic amines is 1. The summed E-state index contributed by atoms with van der Waals surface area (Å²) < 4.78 is 1.49. The van der Waals surface area contributed by atoms with Gasteiger partial charge in [-0.3, -0.25) is 25.3 Å². The number of H-pyrrole nitrogens is 1. The van der Waals surface area contributed by atoms with Gasteiger partial charge in [-0.05, 0) is 13.8 Å². The van der Waals surface area contributed by atoms with Crippen molar-refractivity contribution in [1.29, 1.82) is 0 Å². The fourth-order valence-electron chi connectivity index (χ4n) is 1.61. The Hall–Kier alpha value is -2.71. The van der Waals surface area contributed by atoms with Gasteiger partial charge in [0.05, 0.1) is 11.1 Å². The maximum absolute atomic E-state index is 12.0. The Labute approximate surface area is 107 Å². The van der Waals surface area contributed by atoms with Crippen LogP contribution in [0.1, 0.15) is 23.2 Å². The van der Waals surface area contributed by atoms with Gasteiger partial charge in [0.1, 0.15) is 11.5 Å². The van der Waals surface area contributed by atoms with Crippen LogP contribution in [-0.4, -0.2) is 30.6 Å². The fraction of sp³-hybridized carbons (Fsp3) is 0.300. The SMILES string of the molecule is CCn1cc([N+](=O)[O-])cc1C(=O)Nc1n[nH]c(C)n1. The molecule has 2 aromatic rings. The molecule has 0 atom stereocenters. The van der Waals surface area contributed by atoms with Gasteiger partial charge >= 0.3 is 0 Å². The van der Waals surface area contributed by atoms with Crippen molar-refractivity contribution < 1.29 is 9.72 Å². The number of nitrogens with zero attached hydrogens (tertiary/aromatic N) is 4. The number of aromatic nitrogens is 4. The summed E-state index contributed by atoms with van der Waals surface area (Å²) in [4.78, 5) is 26.1. The molecular weight excluding hydrogens is 252 g/mol. The minimum absolute atomic E-state index is 0.127. The summed E-state index contributed by atoms with van der Waals surface area (Å²) >= 11 is 0. The van der Waals surface area contributed by atoms with Gasteiger partial charge in [-0.15, -0.1) is 5.10 Å². The molecule has 0 aliphatic rings. The molecule has 0 aliphatic carbocycles. The molecule has 19 heavy (non-hydrogen) atoms. The molecule has 0 saturated carbocycles. The molecule has 1 amide bonds. The summed E-state index contributed by atoms with van der Waals surface area (Å²) in [6.07, 6.45) is 1.32. The van der Waals surface area contributed by atoms with Crippen LogP contribution in [0.3, 0.4) is 0 Å². The zero-order valence-electron chi connectivity index (χ0n) is 10.4. The number of aryl methyl sites for hydroxylation is 2. The van der Waals surface area contributed by atoms with Gasteiger partial charge in [-0.1, -0.05) is 0 Å². The first-order chi connectivity index (χ1) is 9.01. The van der Waals surface area contributed by atoms with Gasteiger partial charge in [-0.25, -0.2) is 0 Å². The van der Waals surface area contributed by atoms with Crippen LogP contribution >= 0.6 is 0 Å². The van der Waals surface area contributed by atoms with Crippen molar-refractivity contribution in [2.24, 2.45) is 0 Å². The number of anilines is 1. The zero-order chi connectivity index (χ0) is 14.0. The number of nitro groups is 1. The second kappa shape index (κ2) is 4.88. The van der Waals surface area contributed by atoms with Crippen LogP contribution in [0.4, 0.5) is 11.6 Å². The Kier molecular flexibility index (Phi) is 3.27. The number of nitrogens with one attached hydrogen (secondary N) is 2. The predicted molar refractivity (Wildman–Crippen MR) is 65.8 cm³/mol. The van der Waals surface area contributed by atoms with E-state index in [9.17, 15) is 14.9 Å². The number of hydrogen-bond donors (Lipinski definition) is 2. The average molecular weight is 264 g/mol. The van der Waals surface area contributed by atoms with Crippen LogP contribution < -0.4 is 5.32 Å². The summed E-state index contributed by atoms with van der Waals surface area (Å²) in [5.74, 6) is 0.204. The standard InChI is InChI=1S/C10H12N6O3/c1-3-15-5-7(16(18)19)4-8(15)9(17)12-10-11-6(2)13-14-10/h4-5H,3H2,1-2H3,(H2,11,12,13,14,17). The highest BCUT2D eigenvalue weighted by molar-refractivity contribution is 6.02. The lowest BCUT2D eigenvalue weighted by Crippen LogP contribution is -2.17. The Morgan fingerprint density at radius 1 is 1.63 bits per heavy atom. The van der Waals surface area contributed by atoms with Crippen LogP contribution in [0, 0.1) is 17.0 Å². The number of hydrogen-bond acceptors (Lipinski definition) is 5. The largest absolute Gasteiger partial charge is 0.337 e. The molecule has 2 rings (SSSR count). The lowest BCUT2D eigenvalue weighted by atomic mass is 10.4. The molecule has 0 bridgehead atoms. The Morgan fingerprint density at radius 3 is 2.89 bits per heavy atom. The van der Waals surface area contributed by atoms with Gasteiger partial charge in [0.15, 0.2) is 0 Å². The van der Waals surface area contributed by atoms with Crippen molar-refractivity contribution in [2.45, 2.75) is 20.4 Å². The number of amides is 1. The predicted octanol–water partition coefficient (Wildman–Crippen LogP) is 1.10. The molecule has 0 aliphatic heterocycles. The highest BCUT2D eigenvalue weighted by atomic mass is 16.6. The smallest absolute Gasteiger partial charge is 0.287 e. The number of rotatable bonds is 4. The molecule has 0 spiro atoms. The van der Waals surface area contributed by atoms with E-state index in [2.05, 4.69) is 20.5 Å². The summed E-state index contributed by atoms with van der Waals surface area (Å²) in [5, 5.41) is 19.5. The third kappa shape index (κ3) is 2.59. The number of carbonyl (C=O) groups is 1. The van der Waals surface area contributed by atoms with E-state index in [0.29, 0.717) is 12.4 Å². The van der Waals surface area contributed by atoms with Gasteiger partial charge in [0.2, 0.25) is 5.95 Å². The normalized spacial score (nSPS) is 10.4. The van der Waals surface area contributed by atoms with Crippen LogP contribution in [0.2, 0.25) is 0 Å². The topological polar surface area (TPSA) is 119 Å². The molecular formula is C10H12N6O3. The van der Waals surface area contributed by atoms with Gasteiger partial charge < -0.3 is 4.57 Å². The van der Waals surface area contributed by atoms with E-state index >= 15 is 0 Å². The van der Waals surface area contributed by atoms with E-state index in [0.717, 1.165) is 0 Å². The summed E-state index contributed by atoms with van der Waals surface area (Å²) in [7, 11) is 0. The second-order valence-corrected chi connectivity index (χ2v) is 3.83. The van der Waals surface area contributed by atoms with E-state index in [4.69, 9.17) is 0 Å². The van der Waals surface area contributed by atoms with E-state index in [-0.39, 0.29) is 17.3 Å². The molecule has 9 nitrogen and oxygen atoms in total. The summed E-state index contributed by atoms with van der Waals surface area (Å²) in [6, 6.07) is 1.22. The van der Waals surface area contributed by atoms with Crippen molar-refractivity contribution in [3.63, 3.8) is 0 Å². The van der Waals surface area contributed by atoms with Crippen LogP contribution in [0.15, 0.2) is 12.3 Å². The van der Waals surface area contributed by atoms with Crippen LogP contribution in [0.25, 0.3) is 0 Å². The second-order valence-electron chi connectivity index (χ2n) is 3.83. The van der Waals surface area contributed by atoms with E-state index in [1.807, 2.05) is 0 Å². The Bertz CT molecular complexity index is 629. The Morgan fingerprint density at radius 2 is 2.37 bits per heavy atom. The molecule has 9 heteroatoms. The Balaban J connectivity index is 2.25. The van der Waals surface area contributed by atoms with Crippen molar-refractivity contribution in [1.82, 2.24) is 19.7 Å². The molecule has 0 unspecified atom stereocenters. The summed E-state index contributed by atoms with van der Waals surface area (Å²) in [6.45, 7) is 3.93.